The van der Waals surface area contributed by atoms with Crippen LogP contribution in [0.25, 0.3) is 0 Å². The van der Waals surface area contributed by atoms with Gasteiger partial charge in [0.05, 0.1) is 33.4 Å². The largest absolute Gasteiger partial charge is 0.497 e. The van der Waals surface area contributed by atoms with E-state index in [1.165, 1.54) is 14.2 Å². The second kappa shape index (κ2) is 9.84. The van der Waals surface area contributed by atoms with Gasteiger partial charge in [-0.2, -0.15) is 0 Å². The van der Waals surface area contributed by atoms with Crippen LogP contribution < -0.4 is 24.8 Å². The molecule has 9 nitrogen and oxygen atoms in total. The second-order valence-electron chi connectivity index (χ2n) is 6.91. The van der Waals surface area contributed by atoms with E-state index < -0.39 is 23.9 Å². The SMILES string of the molecule is COc1ccc(CCN2C(=O)N[C@@H](CC(=O)Nc3ccc(OC)cc3OC)C2=O)cc1. The Kier molecular flexibility index (Phi) is 6.96. The molecule has 31 heavy (non-hydrogen) atoms. The number of rotatable bonds is 9. The Hall–Kier alpha value is -3.75. The number of hydrogen-bond acceptors (Lipinski definition) is 6. The molecule has 1 saturated heterocycles. The highest BCUT2D eigenvalue weighted by Crippen LogP contribution is 2.29. The highest BCUT2D eigenvalue weighted by molar-refractivity contribution is 6.07. The van der Waals surface area contributed by atoms with Crippen molar-refractivity contribution in [2.75, 3.05) is 33.2 Å². The van der Waals surface area contributed by atoms with Gasteiger partial charge < -0.3 is 24.8 Å². The summed E-state index contributed by atoms with van der Waals surface area (Å²) in [6.45, 7) is 0.224. The van der Waals surface area contributed by atoms with Gasteiger partial charge in [0.15, 0.2) is 0 Å². The number of methoxy groups -OCH3 is 3. The molecule has 1 fully saturated rings. The lowest BCUT2D eigenvalue weighted by Gasteiger charge is -2.14. The van der Waals surface area contributed by atoms with Crippen LogP contribution in [0.5, 0.6) is 17.2 Å². The van der Waals surface area contributed by atoms with Crippen molar-refractivity contribution in [1.82, 2.24) is 10.2 Å². The summed E-state index contributed by atoms with van der Waals surface area (Å²) in [6, 6.07) is 11.0. The standard InChI is InChI=1S/C22H25N3O6/c1-29-15-6-4-14(5-7-15)10-11-25-21(27)18(24-22(25)28)13-20(26)23-17-9-8-16(30-2)12-19(17)31-3/h4-9,12,18H,10-11,13H2,1-3H3,(H,23,26)(H,24,28)/t18-/m0/s1. The third kappa shape index (κ3) is 5.25. The number of urea groups is 1. The van der Waals surface area contributed by atoms with Crippen molar-refractivity contribution in [3.05, 3.63) is 48.0 Å². The zero-order valence-corrected chi connectivity index (χ0v) is 17.6. The third-order valence-electron chi connectivity index (χ3n) is 4.96. The van der Waals surface area contributed by atoms with Gasteiger partial charge in [0, 0.05) is 12.6 Å². The van der Waals surface area contributed by atoms with Crippen LogP contribution in [0.2, 0.25) is 0 Å². The van der Waals surface area contributed by atoms with Crippen molar-refractivity contribution in [3.63, 3.8) is 0 Å². The van der Waals surface area contributed by atoms with E-state index in [4.69, 9.17) is 14.2 Å². The Morgan fingerprint density at radius 3 is 2.32 bits per heavy atom. The van der Waals surface area contributed by atoms with Gasteiger partial charge >= 0.3 is 6.03 Å². The Labute approximate surface area is 180 Å². The molecule has 2 aromatic carbocycles. The molecule has 164 valence electrons. The van der Waals surface area contributed by atoms with Crippen LogP contribution in [0.15, 0.2) is 42.5 Å². The van der Waals surface area contributed by atoms with Gasteiger partial charge in [-0.05, 0) is 36.2 Å². The fourth-order valence-electron chi connectivity index (χ4n) is 3.25. The Morgan fingerprint density at radius 1 is 1.00 bits per heavy atom. The van der Waals surface area contributed by atoms with Gasteiger partial charge in [-0.15, -0.1) is 0 Å². The molecule has 1 aliphatic heterocycles. The first-order chi connectivity index (χ1) is 14.9. The van der Waals surface area contributed by atoms with Gasteiger partial charge in [0.1, 0.15) is 23.3 Å². The van der Waals surface area contributed by atoms with Gasteiger partial charge in [-0.1, -0.05) is 12.1 Å². The normalized spacial score (nSPS) is 15.5. The molecular weight excluding hydrogens is 402 g/mol. The van der Waals surface area contributed by atoms with Crippen molar-refractivity contribution < 1.29 is 28.6 Å². The van der Waals surface area contributed by atoms with E-state index in [1.54, 1.807) is 25.3 Å². The minimum absolute atomic E-state index is 0.182. The van der Waals surface area contributed by atoms with Crippen LogP contribution in [0.3, 0.4) is 0 Å². The highest BCUT2D eigenvalue weighted by atomic mass is 16.5. The molecule has 0 bridgehead atoms. The molecule has 1 aliphatic rings. The van der Waals surface area contributed by atoms with Crippen LogP contribution >= 0.6 is 0 Å². The molecule has 9 heteroatoms. The summed E-state index contributed by atoms with van der Waals surface area (Å²) in [5, 5.41) is 5.28. The highest BCUT2D eigenvalue weighted by Gasteiger charge is 2.38. The van der Waals surface area contributed by atoms with Gasteiger partial charge in [-0.25, -0.2) is 4.79 Å². The molecule has 0 aliphatic carbocycles. The van der Waals surface area contributed by atoms with Crippen molar-refractivity contribution in [1.29, 1.82) is 0 Å². The molecule has 0 saturated carbocycles. The number of nitrogens with zero attached hydrogens (tertiary/aromatic N) is 1. The number of imide groups is 1. The fraction of sp³-hybridized carbons (Fsp3) is 0.318. The fourth-order valence-corrected chi connectivity index (χ4v) is 3.25. The zero-order chi connectivity index (χ0) is 22.4. The number of benzene rings is 2. The number of nitrogens with one attached hydrogen (secondary N) is 2. The molecule has 3 rings (SSSR count). The average Bonchev–Trinajstić information content (AvgIpc) is 3.05. The predicted molar refractivity (Wildman–Crippen MR) is 114 cm³/mol. The lowest BCUT2D eigenvalue weighted by atomic mass is 10.1. The first-order valence-electron chi connectivity index (χ1n) is 9.72. The average molecular weight is 427 g/mol. The molecule has 4 amide bonds. The summed E-state index contributed by atoms with van der Waals surface area (Å²) in [7, 11) is 4.59. The molecule has 0 spiro atoms. The zero-order valence-electron chi connectivity index (χ0n) is 17.6. The maximum Gasteiger partial charge on any atom is 0.324 e. The van der Waals surface area contributed by atoms with Crippen molar-refractivity contribution in [2.45, 2.75) is 18.9 Å². The number of ether oxygens (including phenoxy) is 3. The van der Waals surface area contributed by atoms with Gasteiger partial charge in [0.25, 0.3) is 5.91 Å². The quantitative estimate of drug-likeness (QED) is 0.595. The number of hydrogen-bond donors (Lipinski definition) is 2. The van der Waals surface area contributed by atoms with Crippen molar-refractivity contribution >= 4 is 23.5 Å². The van der Waals surface area contributed by atoms with Crippen LogP contribution in [-0.2, 0) is 16.0 Å². The minimum atomic E-state index is -0.910. The van der Waals surface area contributed by atoms with E-state index >= 15 is 0 Å². The first kappa shape index (κ1) is 21.9. The molecule has 0 aromatic heterocycles. The summed E-state index contributed by atoms with van der Waals surface area (Å²) >= 11 is 0. The summed E-state index contributed by atoms with van der Waals surface area (Å²) < 4.78 is 15.5. The van der Waals surface area contributed by atoms with Crippen molar-refractivity contribution in [3.8, 4) is 17.2 Å². The maximum absolute atomic E-state index is 12.6. The number of amides is 4. The van der Waals surface area contributed by atoms with Crippen LogP contribution in [0.1, 0.15) is 12.0 Å². The maximum atomic E-state index is 12.6. The van der Waals surface area contributed by atoms with E-state index in [9.17, 15) is 14.4 Å². The lowest BCUT2D eigenvalue weighted by Crippen LogP contribution is -2.35. The first-order valence-corrected chi connectivity index (χ1v) is 9.72. The number of carbonyl (C=O) groups is 3. The van der Waals surface area contributed by atoms with Crippen molar-refractivity contribution in [2.24, 2.45) is 0 Å². The van der Waals surface area contributed by atoms with Gasteiger partial charge in [0.2, 0.25) is 5.91 Å². The molecule has 2 N–H and O–H groups in total. The molecule has 1 atom stereocenters. The monoisotopic (exact) mass is 427 g/mol. The topological polar surface area (TPSA) is 106 Å². The van der Waals surface area contributed by atoms with E-state index in [0.717, 1.165) is 16.2 Å². The molecule has 0 radical (unpaired) electrons. The Bertz CT molecular complexity index is 960. The van der Waals surface area contributed by atoms with Gasteiger partial charge in [-0.3, -0.25) is 14.5 Å². The van der Waals surface area contributed by atoms with E-state index in [1.807, 2.05) is 24.3 Å². The molecule has 0 unspecified atom stereocenters. The second-order valence-corrected chi connectivity index (χ2v) is 6.91. The molecule has 2 aromatic rings. The van der Waals surface area contributed by atoms with E-state index in [-0.39, 0.29) is 13.0 Å². The lowest BCUT2D eigenvalue weighted by molar-refractivity contribution is -0.129. The summed E-state index contributed by atoms with van der Waals surface area (Å²) in [5.41, 5.74) is 1.41. The predicted octanol–water partition coefficient (Wildman–Crippen LogP) is 2.20. The van der Waals surface area contributed by atoms with E-state index in [0.29, 0.717) is 23.6 Å². The smallest absolute Gasteiger partial charge is 0.324 e. The minimum Gasteiger partial charge on any atom is -0.497 e. The van der Waals surface area contributed by atoms with E-state index in [2.05, 4.69) is 10.6 Å². The van der Waals surface area contributed by atoms with Crippen LogP contribution in [0, 0.1) is 0 Å². The van der Waals surface area contributed by atoms with Crippen LogP contribution in [0.4, 0.5) is 10.5 Å². The molecular formula is C22H25N3O6. The number of carbonyl (C=O) groups excluding carboxylic acids is 3. The molecule has 1 heterocycles. The third-order valence-corrected chi connectivity index (χ3v) is 4.96. The Balaban J connectivity index is 1.57. The number of anilines is 1. The summed E-state index contributed by atoms with van der Waals surface area (Å²) in [4.78, 5) is 38.5. The van der Waals surface area contributed by atoms with Crippen LogP contribution in [-0.4, -0.2) is 56.7 Å². The summed E-state index contributed by atoms with van der Waals surface area (Å²) in [5.74, 6) is 0.906. The summed E-state index contributed by atoms with van der Waals surface area (Å²) in [6.07, 6.45) is 0.323. The Morgan fingerprint density at radius 2 is 1.68 bits per heavy atom.